The molecule has 4 rings (SSSR count). The van der Waals surface area contributed by atoms with Crippen molar-refractivity contribution in [3.05, 3.63) is 80.6 Å². The molecule has 1 aliphatic rings. The number of amidine groups is 1. The lowest BCUT2D eigenvalue weighted by molar-refractivity contribution is 0.448. The first-order valence-electron chi connectivity index (χ1n) is 7.97. The third kappa shape index (κ3) is 2.78. The Morgan fingerprint density at radius 2 is 1.70 bits per heavy atom. The number of H-pyrrole nitrogens is 1. The van der Waals surface area contributed by atoms with Crippen molar-refractivity contribution in [2.45, 2.75) is 0 Å². The average Bonchev–Trinajstić information content (AvgIpc) is 2.96. The predicted molar refractivity (Wildman–Crippen MR) is 98.6 cm³/mol. The van der Waals surface area contributed by atoms with E-state index in [2.05, 4.69) is 10.1 Å². The number of aromatic amines is 1. The van der Waals surface area contributed by atoms with E-state index in [0.717, 1.165) is 0 Å². The quantitative estimate of drug-likeness (QED) is 0.458. The Hall–Kier alpha value is -4.07. The average molecular weight is 362 g/mol. The minimum absolute atomic E-state index is 0.0849. The highest BCUT2D eigenvalue weighted by Crippen LogP contribution is 2.22. The summed E-state index contributed by atoms with van der Waals surface area (Å²) in [5, 5.41) is 43.6. The summed E-state index contributed by atoms with van der Waals surface area (Å²) in [6.07, 6.45) is 1.42. The van der Waals surface area contributed by atoms with Gasteiger partial charge in [-0.05, 0) is 35.9 Å². The number of nitrogens with zero attached hydrogens (tertiary/aromatic N) is 2. The topological polar surface area (TPSA) is 133 Å². The van der Waals surface area contributed by atoms with Gasteiger partial charge in [0.15, 0.2) is 5.84 Å². The van der Waals surface area contributed by atoms with Crippen molar-refractivity contribution in [2.24, 2.45) is 5.10 Å². The molecule has 0 aliphatic carbocycles. The fraction of sp³-hybridized carbons (Fsp3) is 0. The maximum Gasteiger partial charge on any atom is 0.260 e. The van der Waals surface area contributed by atoms with Gasteiger partial charge in [-0.2, -0.15) is 5.10 Å². The first kappa shape index (κ1) is 16.4. The van der Waals surface area contributed by atoms with E-state index in [1.54, 1.807) is 24.3 Å². The molecule has 0 radical (unpaired) electrons. The predicted octanol–water partition coefficient (Wildman–Crippen LogP) is 0.701. The van der Waals surface area contributed by atoms with Crippen LogP contribution in [0, 0.1) is 5.41 Å². The minimum atomic E-state index is -0.611. The lowest BCUT2D eigenvalue weighted by Gasteiger charge is -2.13. The van der Waals surface area contributed by atoms with Crippen molar-refractivity contribution in [2.75, 3.05) is 5.01 Å². The molecule has 134 valence electrons. The fourth-order valence-corrected chi connectivity index (χ4v) is 2.93. The SMILES string of the molecule is N=C1c2c(O)[nH]c(=O)c(=Cc3cc(O)cc(O)c3)c2=NN1c1ccccc1. The number of benzene rings is 2. The molecule has 0 saturated carbocycles. The molecular weight excluding hydrogens is 348 g/mol. The van der Waals surface area contributed by atoms with Gasteiger partial charge in [0.05, 0.1) is 10.9 Å². The number of aromatic nitrogens is 1. The number of pyridine rings is 1. The van der Waals surface area contributed by atoms with E-state index in [1.165, 1.54) is 29.3 Å². The Balaban J connectivity index is 2.00. The lowest BCUT2D eigenvalue weighted by Crippen LogP contribution is -2.42. The van der Waals surface area contributed by atoms with Crippen molar-refractivity contribution in [3.8, 4) is 17.4 Å². The van der Waals surface area contributed by atoms with E-state index >= 15 is 0 Å². The largest absolute Gasteiger partial charge is 0.508 e. The Morgan fingerprint density at radius 1 is 1.04 bits per heavy atom. The molecule has 2 heterocycles. The van der Waals surface area contributed by atoms with Crippen LogP contribution < -0.4 is 21.1 Å². The summed E-state index contributed by atoms with van der Waals surface area (Å²) in [6, 6.07) is 12.8. The summed E-state index contributed by atoms with van der Waals surface area (Å²) in [4.78, 5) is 14.7. The van der Waals surface area contributed by atoms with Gasteiger partial charge < -0.3 is 15.3 Å². The Morgan fingerprint density at radius 3 is 2.37 bits per heavy atom. The number of aromatic hydroxyl groups is 3. The second-order valence-corrected chi connectivity index (χ2v) is 5.96. The van der Waals surface area contributed by atoms with E-state index < -0.39 is 11.4 Å². The van der Waals surface area contributed by atoms with Crippen LogP contribution in [0.5, 0.6) is 17.4 Å². The molecule has 2 aromatic carbocycles. The molecule has 8 heteroatoms. The van der Waals surface area contributed by atoms with Gasteiger partial charge in [0.1, 0.15) is 22.4 Å². The summed E-state index contributed by atoms with van der Waals surface area (Å²) in [7, 11) is 0. The monoisotopic (exact) mass is 362 g/mol. The van der Waals surface area contributed by atoms with E-state index in [-0.39, 0.29) is 33.5 Å². The van der Waals surface area contributed by atoms with Crippen molar-refractivity contribution in [1.29, 1.82) is 5.41 Å². The number of nitrogens with one attached hydrogen (secondary N) is 2. The molecule has 5 N–H and O–H groups in total. The van der Waals surface area contributed by atoms with E-state index in [0.29, 0.717) is 11.3 Å². The summed E-state index contributed by atoms with van der Waals surface area (Å²) in [5.41, 5.74) is 0.451. The first-order valence-corrected chi connectivity index (χ1v) is 7.97. The number of para-hydroxylation sites is 1. The smallest absolute Gasteiger partial charge is 0.260 e. The first-order chi connectivity index (χ1) is 12.9. The van der Waals surface area contributed by atoms with Crippen LogP contribution in [0.1, 0.15) is 11.1 Å². The van der Waals surface area contributed by atoms with Crippen LogP contribution in [0.15, 0.2) is 58.4 Å². The zero-order valence-corrected chi connectivity index (χ0v) is 13.8. The fourth-order valence-electron chi connectivity index (χ4n) is 2.93. The molecule has 0 spiro atoms. The van der Waals surface area contributed by atoms with E-state index in [9.17, 15) is 20.1 Å². The highest BCUT2D eigenvalue weighted by molar-refractivity contribution is 6.10. The molecule has 0 bridgehead atoms. The number of hydrogen-bond donors (Lipinski definition) is 5. The van der Waals surface area contributed by atoms with Crippen LogP contribution in [0.3, 0.4) is 0 Å². The van der Waals surface area contributed by atoms with Crippen molar-refractivity contribution in [3.63, 3.8) is 0 Å². The normalized spacial score (nSPS) is 13.6. The maximum atomic E-state index is 12.4. The standard InChI is InChI=1S/C19H14N4O4/c20-17-15-16(22-23(17)11-4-2-1-3-5-11)14(18(26)21-19(15)27)8-10-6-12(24)9-13(25)7-10/h1-9,20,24-25,27H,(H,21,26). The van der Waals surface area contributed by atoms with E-state index in [4.69, 9.17) is 5.41 Å². The van der Waals surface area contributed by atoms with Crippen LogP contribution in [-0.2, 0) is 0 Å². The van der Waals surface area contributed by atoms with Gasteiger partial charge in [-0.1, -0.05) is 18.2 Å². The lowest BCUT2D eigenvalue weighted by atomic mass is 10.1. The molecule has 0 fully saturated rings. The Kier molecular flexibility index (Phi) is 3.66. The van der Waals surface area contributed by atoms with Crippen LogP contribution in [0.4, 0.5) is 5.69 Å². The number of hydrogen-bond acceptors (Lipinski definition) is 6. The zero-order valence-electron chi connectivity index (χ0n) is 13.8. The maximum absolute atomic E-state index is 12.4. The van der Waals surface area contributed by atoms with Crippen LogP contribution in [-0.4, -0.2) is 26.1 Å². The van der Waals surface area contributed by atoms with Gasteiger partial charge in [0, 0.05) is 6.07 Å². The van der Waals surface area contributed by atoms with Gasteiger partial charge >= 0.3 is 0 Å². The number of fused-ring (bicyclic) bond motifs is 1. The number of rotatable bonds is 2. The van der Waals surface area contributed by atoms with Crippen molar-refractivity contribution >= 4 is 17.6 Å². The molecule has 27 heavy (non-hydrogen) atoms. The van der Waals surface area contributed by atoms with Gasteiger partial charge in [-0.3, -0.25) is 15.2 Å². The van der Waals surface area contributed by atoms with E-state index in [1.807, 2.05) is 6.07 Å². The Bertz CT molecular complexity index is 1230. The molecule has 3 aromatic rings. The molecular formula is C19H14N4O4. The molecule has 0 atom stereocenters. The van der Waals surface area contributed by atoms with Gasteiger partial charge in [-0.15, -0.1) is 0 Å². The summed E-state index contributed by atoms with van der Waals surface area (Å²) >= 11 is 0. The second-order valence-electron chi connectivity index (χ2n) is 5.96. The van der Waals surface area contributed by atoms with Crippen LogP contribution in [0.25, 0.3) is 6.08 Å². The number of phenols is 2. The molecule has 1 aromatic heterocycles. The number of anilines is 1. The van der Waals surface area contributed by atoms with Crippen molar-refractivity contribution in [1.82, 2.24) is 4.98 Å². The van der Waals surface area contributed by atoms with Crippen LogP contribution >= 0.6 is 0 Å². The molecule has 1 aliphatic heterocycles. The molecule has 8 nitrogen and oxygen atoms in total. The minimum Gasteiger partial charge on any atom is -0.508 e. The second kappa shape index (κ2) is 6.03. The molecule has 0 saturated heterocycles. The highest BCUT2D eigenvalue weighted by atomic mass is 16.3. The summed E-state index contributed by atoms with van der Waals surface area (Å²) in [5.74, 6) is -0.858. The number of phenolic OH excluding ortho intramolecular Hbond substituents is 2. The van der Waals surface area contributed by atoms with Gasteiger partial charge in [0.25, 0.3) is 5.56 Å². The highest BCUT2D eigenvalue weighted by Gasteiger charge is 2.26. The molecule has 0 amide bonds. The summed E-state index contributed by atoms with van der Waals surface area (Å²) < 4.78 is 0. The van der Waals surface area contributed by atoms with Crippen LogP contribution in [0.2, 0.25) is 0 Å². The van der Waals surface area contributed by atoms with Gasteiger partial charge in [0.2, 0.25) is 5.88 Å². The Labute approximate surface area is 152 Å². The van der Waals surface area contributed by atoms with Gasteiger partial charge in [-0.25, -0.2) is 5.01 Å². The summed E-state index contributed by atoms with van der Waals surface area (Å²) in [6.45, 7) is 0. The van der Waals surface area contributed by atoms with Crippen molar-refractivity contribution < 1.29 is 15.3 Å². The molecule has 0 unspecified atom stereocenters. The third-order valence-electron chi connectivity index (χ3n) is 4.09. The third-order valence-corrected chi connectivity index (χ3v) is 4.09. The zero-order chi connectivity index (χ0) is 19.1.